The number of hydrogen-bond acceptors (Lipinski definition) is 0. The Morgan fingerprint density at radius 3 is 1.14 bits per heavy atom. The Morgan fingerprint density at radius 1 is 1.00 bits per heavy atom. The van der Waals surface area contributed by atoms with Crippen LogP contribution in [0.25, 0.3) is 0 Å². The lowest BCUT2D eigenvalue weighted by atomic mass is 10.1. The molecule has 0 spiro atoms. The number of allylic oxidation sites excluding steroid dienone is 1. The van der Waals surface area contributed by atoms with Gasteiger partial charge in [0.2, 0.25) is 0 Å². The molecule has 0 N–H and O–H groups in total. The average molecular weight is 200 g/mol. The van der Waals surface area contributed by atoms with Crippen molar-refractivity contribution in [3.63, 3.8) is 0 Å². The third-order valence-electron chi connectivity index (χ3n) is 1.49. The van der Waals surface area contributed by atoms with Gasteiger partial charge in [-0.25, -0.2) is 0 Å². The Bertz CT molecular complexity index is 78.0. The van der Waals surface area contributed by atoms with Crippen LogP contribution in [0, 0.1) is 5.92 Å². The van der Waals surface area contributed by atoms with E-state index in [1.807, 2.05) is 20.8 Å². The van der Waals surface area contributed by atoms with Crippen LogP contribution in [0.4, 0.5) is 0 Å². The largest absolute Gasteiger partial charge is 0.106 e. The first kappa shape index (κ1) is 23.4. The van der Waals surface area contributed by atoms with E-state index in [1.165, 1.54) is 18.4 Å². The Kier molecular flexibility index (Phi) is 49.1. The molecule has 0 aliphatic rings. The Morgan fingerprint density at radius 2 is 1.14 bits per heavy atom. The molecule has 14 heavy (non-hydrogen) atoms. The molecule has 0 aromatic heterocycles. The molecular weight excluding hydrogens is 168 g/mol. The molecule has 0 aliphatic heterocycles. The summed E-state index contributed by atoms with van der Waals surface area (Å²) in [6.45, 7) is 24.4. The fourth-order valence-electron chi connectivity index (χ4n) is 0. The first-order valence-electron chi connectivity index (χ1n) is 5.71. The van der Waals surface area contributed by atoms with E-state index in [9.17, 15) is 0 Å². The van der Waals surface area contributed by atoms with E-state index in [1.54, 1.807) is 0 Å². The molecule has 0 radical (unpaired) electrons. The molecule has 0 heterocycles. The van der Waals surface area contributed by atoms with Crippen molar-refractivity contribution >= 4 is 0 Å². The molecule has 0 unspecified atom stereocenters. The van der Waals surface area contributed by atoms with Gasteiger partial charge >= 0.3 is 0 Å². The predicted octanol–water partition coefficient (Wildman–Crippen LogP) is 5.85. The summed E-state index contributed by atoms with van der Waals surface area (Å²) >= 11 is 0. The third kappa shape index (κ3) is 62.8. The fourth-order valence-corrected chi connectivity index (χ4v) is 0. The van der Waals surface area contributed by atoms with Crippen molar-refractivity contribution in [1.29, 1.82) is 0 Å². The van der Waals surface area contributed by atoms with Crippen molar-refractivity contribution in [2.45, 2.75) is 61.3 Å². The highest BCUT2D eigenvalue weighted by atomic mass is 13.9. The smallest absolute Gasteiger partial charge is 0.0266 e. The van der Waals surface area contributed by atoms with Crippen molar-refractivity contribution in [3.05, 3.63) is 25.3 Å². The van der Waals surface area contributed by atoms with Gasteiger partial charge in [0.05, 0.1) is 0 Å². The zero-order chi connectivity index (χ0) is 12.6. The predicted molar refractivity (Wildman–Crippen MR) is 72.8 cm³/mol. The van der Waals surface area contributed by atoms with Gasteiger partial charge in [-0.05, 0) is 12.8 Å². The van der Waals surface area contributed by atoms with Crippen molar-refractivity contribution in [2.75, 3.05) is 0 Å². The minimum absolute atomic E-state index is 0.657. The van der Waals surface area contributed by atoms with E-state index in [2.05, 4.69) is 47.4 Å². The maximum Gasteiger partial charge on any atom is -0.0266 e. The summed E-state index contributed by atoms with van der Waals surface area (Å²) in [5.74, 6) is 0.657. The third-order valence-corrected chi connectivity index (χ3v) is 1.49. The maximum absolute atomic E-state index is 3.75. The zero-order valence-corrected chi connectivity index (χ0v) is 11.6. The highest BCUT2D eigenvalue weighted by Gasteiger charge is 1.87. The van der Waals surface area contributed by atoms with E-state index < -0.39 is 0 Å². The Labute approximate surface area is 93.1 Å². The summed E-state index contributed by atoms with van der Waals surface area (Å²) in [4.78, 5) is 0. The monoisotopic (exact) mass is 200 g/mol. The lowest BCUT2D eigenvalue weighted by Crippen LogP contribution is -1.83. The molecule has 0 aromatic rings. The molecule has 0 aromatic carbocycles. The summed E-state index contributed by atoms with van der Waals surface area (Å²) < 4.78 is 0. The SMILES string of the molecule is C=C.C=C(C)C(C)C.CC.CCCC. The van der Waals surface area contributed by atoms with Crippen molar-refractivity contribution in [3.8, 4) is 0 Å². The lowest BCUT2D eigenvalue weighted by molar-refractivity contribution is 0.773. The van der Waals surface area contributed by atoms with Crippen LogP contribution in [0.3, 0.4) is 0 Å². The van der Waals surface area contributed by atoms with E-state index in [-0.39, 0.29) is 0 Å². The van der Waals surface area contributed by atoms with Gasteiger partial charge < -0.3 is 0 Å². The number of hydrogen-bond donors (Lipinski definition) is 0. The highest BCUT2D eigenvalue weighted by Crippen LogP contribution is 2.02. The molecule has 88 valence electrons. The van der Waals surface area contributed by atoms with E-state index in [4.69, 9.17) is 0 Å². The maximum atomic E-state index is 3.75. The van der Waals surface area contributed by atoms with Gasteiger partial charge in [-0.1, -0.05) is 66.5 Å². The van der Waals surface area contributed by atoms with Crippen molar-refractivity contribution in [1.82, 2.24) is 0 Å². The number of unbranched alkanes of at least 4 members (excludes halogenated alkanes) is 1. The molecule has 0 saturated carbocycles. The fraction of sp³-hybridized carbons (Fsp3) is 0.714. The summed E-state index contributed by atoms with van der Waals surface area (Å²) in [5.41, 5.74) is 1.26. The van der Waals surface area contributed by atoms with Gasteiger partial charge in [0.25, 0.3) is 0 Å². The topological polar surface area (TPSA) is 0 Å². The van der Waals surface area contributed by atoms with Gasteiger partial charge in [0.1, 0.15) is 0 Å². The van der Waals surface area contributed by atoms with Gasteiger partial charge in [-0.3, -0.25) is 0 Å². The lowest BCUT2D eigenvalue weighted by Gasteiger charge is -1.97. The first-order valence-corrected chi connectivity index (χ1v) is 5.71. The van der Waals surface area contributed by atoms with Crippen molar-refractivity contribution in [2.24, 2.45) is 5.92 Å². The van der Waals surface area contributed by atoms with E-state index >= 15 is 0 Å². The van der Waals surface area contributed by atoms with Gasteiger partial charge in [-0.2, -0.15) is 0 Å². The first-order chi connectivity index (χ1) is 6.56. The highest BCUT2D eigenvalue weighted by molar-refractivity contribution is 4.90. The molecule has 0 heteroatoms. The summed E-state index contributed by atoms with van der Waals surface area (Å²) in [5, 5.41) is 0. The standard InChI is InChI=1S/C6H12.C4H10.C2H6.C2H4/c1-5(2)6(3)4;1-3-4-2;2*1-2/h6H,1H2,2-4H3;3-4H2,1-2H3;1-2H3;1-2H2. The van der Waals surface area contributed by atoms with Gasteiger partial charge in [0, 0.05) is 0 Å². The zero-order valence-electron chi connectivity index (χ0n) is 11.6. The van der Waals surface area contributed by atoms with Crippen LogP contribution in [0.15, 0.2) is 25.3 Å². The van der Waals surface area contributed by atoms with Crippen LogP contribution in [-0.4, -0.2) is 0 Å². The van der Waals surface area contributed by atoms with Crippen LogP contribution < -0.4 is 0 Å². The van der Waals surface area contributed by atoms with E-state index in [0.29, 0.717) is 5.92 Å². The van der Waals surface area contributed by atoms with Gasteiger partial charge in [-0.15, -0.1) is 13.2 Å². The average Bonchev–Trinajstić information content (AvgIpc) is 2.24. The molecule has 0 atom stereocenters. The van der Waals surface area contributed by atoms with Crippen LogP contribution >= 0.6 is 0 Å². The molecule has 0 aliphatic carbocycles. The summed E-state index contributed by atoms with van der Waals surface area (Å²) in [6, 6.07) is 0. The summed E-state index contributed by atoms with van der Waals surface area (Å²) in [7, 11) is 0. The van der Waals surface area contributed by atoms with Crippen LogP contribution in [0.2, 0.25) is 0 Å². The number of rotatable bonds is 2. The molecule has 0 saturated heterocycles. The van der Waals surface area contributed by atoms with Crippen molar-refractivity contribution < 1.29 is 0 Å². The molecule has 0 bridgehead atoms. The minimum Gasteiger partial charge on any atom is -0.106 e. The minimum atomic E-state index is 0.657. The second-order valence-electron chi connectivity index (χ2n) is 3.00. The van der Waals surface area contributed by atoms with Crippen LogP contribution in [0.1, 0.15) is 61.3 Å². The van der Waals surface area contributed by atoms with Gasteiger partial charge in [0.15, 0.2) is 0 Å². The van der Waals surface area contributed by atoms with E-state index in [0.717, 1.165) is 0 Å². The Balaban J connectivity index is -0.0000000546. The molecule has 0 amide bonds. The molecule has 0 fully saturated rings. The molecule has 0 rings (SSSR count). The Hall–Kier alpha value is -0.520. The van der Waals surface area contributed by atoms with Crippen LogP contribution in [-0.2, 0) is 0 Å². The summed E-state index contributed by atoms with van der Waals surface area (Å²) in [6.07, 6.45) is 2.64. The quantitative estimate of drug-likeness (QED) is 0.490. The van der Waals surface area contributed by atoms with Crippen LogP contribution in [0.5, 0.6) is 0 Å². The second-order valence-corrected chi connectivity index (χ2v) is 3.00. The normalized spacial score (nSPS) is 6.86. The second kappa shape index (κ2) is 29.4. The molecular formula is C14H32. The molecule has 0 nitrogen and oxygen atoms in total.